The molecule has 1 aromatic rings. The van der Waals surface area contributed by atoms with Crippen molar-refractivity contribution in [2.45, 2.75) is 6.10 Å². The maximum atomic E-state index is 11.2. The standard InChI is InChI=1S/C10H10NO4P/c12-9-4-14-10-6(8-3-13-8)1-5(15-16)2-7(10)11-9/h1-2,8H,3-4,16H2,(H,11,12)/t8-/m0/s1. The Bertz CT molecular complexity index is 458. The molecule has 1 aromatic carbocycles. The third kappa shape index (κ3) is 1.62. The van der Waals surface area contributed by atoms with Crippen LogP contribution < -0.4 is 14.6 Å². The highest BCUT2D eigenvalue weighted by Crippen LogP contribution is 2.44. The first-order chi connectivity index (χ1) is 7.78. The van der Waals surface area contributed by atoms with Crippen molar-refractivity contribution in [2.24, 2.45) is 0 Å². The number of rotatable bonds is 2. The normalized spacial score (nSPS) is 21.8. The summed E-state index contributed by atoms with van der Waals surface area (Å²) in [6.45, 7) is 0.734. The molecule has 1 fully saturated rings. The molecular formula is C10H10NO4P. The minimum Gasteiger partial charge on any atom is -0.481 e. The molecule has 0 radical (unpaired) electrons. The van der Waals surface area contributed by atoms with Gasteiger partial charge in [-0.05, 0) is 6.07 Å². The van der Waals surface area contributed by atoms with Crippen molar-refractivity contribution < 1.29 is 18.8 Å². The molecule has 0 spiro atoms. The van der Waals surface area contributed by atoms with Gasteiger partial charge in [0.1, 0.15) is 17.6 Å². The zero-order valence-corrected chi connectivity index (χ0v) is 9.51. The van der Waals surface area contributed by atoms with Crippen LogP contribution >= 0.6 is 9.47 Å². The van der Waals surface area contributed by atoms with Crippen LogP contribution in [0.25, 0.3) is 0 Å². The predicted octanol–water partition coefficient (Wildman–Crippen LogP) is 1.26. The molecule has 1 N–H and O–H groups in total. The molecule has 2 aliphatic heterocycles. The summed E-state index contributed by atoms with van der Waals surface area (Å²) in [5.74, 6) is 1.18. The molecule has 1 amide bonds. The van der Waals surface area contributed by atoms with Crippen LogP contribution in [-0.2, 0) is 9.53 Å². The third-order valence-electron chi connectivity index (χ3n) is 2.53. The molecule has 3 rings (SSSR count). The molecule has 1 saturated heterocycles. The summed E-state index contributed by atoms with van der Waals surface area (Å²) in [4.78, 5) is 11.2. The van der Waals surface area contributed by atoms with Crippen molar-refractivity contribution >= 4 is 21.1 Å². The Morgan fingerprint density at radius 3 is 3.00 bits per heavy atom. The number of hydrogen-bond donors (Lipinski definition) is 1. The number of fused-ring (bicyclic) bond motifs is 1. The summed E-state index contributed by atoms with van der Waals surface area (Å²) in [6.07, 6.45) is 0.0591. The summed E-state index contributed by atoms with van der Waals surface area (Å²) in [7, 11) is 2.18. The fourth-order valence-electron chi connectivity index (χ4n) is 1.74. The van der Waals surface area contributed by atoms with Crippen LogP contribution in [0.2, 0.25) is 0 Å². The van der Waals surface area contributed by atoms with E-state index in [1.165, 1.54) is 0 Å². The minimum absolute atomic E-state index is 0.0494. The number of hydrogen-bond acceptors (Lipinski definition) is 4. The van der Waals surface area contributed by atoms with E-state index < -0.39 is 0 Å². The molecule has 0 aromatic heterocycles. The van der Waals surface area contributed by atoms with Gasteiger partial charge in [-0.3, -0.25) is 4.79 Å². The second-order valence-electron chi connectivity index (χ2n) is 3.67. The van der Waals surface area contributed by atoms with Gasteiger partial charge in [0.05, 0.1) is 21.8 Å². The number of benzene rings is 1. The Morgan fingerprint density at radius 2 is 2.31 bits per heavy atom. The molecule has 2 heterocycles. The van der Waals surface area contributed by atoms with Crippen molar-refractivity contribution in [3.63, 3.8) is 0 Å². The van der Waals surface area contributed by atoms with Crippen LogP contribution in [0, 0.1) is 0 Å². The van der Waals surface area contributed by atoms with Gasteiger partial charge >= 0.3 is 0 Å². The fourth-order valence-corrected chi connectivity index (χ4v) is 1.87. The molecule has 16 heavy (non-hydrogen) atoms. The fraction of sp³-hybridized carbons (Fsp3) is 0.300. The van der Waals surface area contributed by atoms with Gasteiger partial charge in [-0.1, -0.05) is 0 Å². The van der Waals surface area contributed by atoms with Crippen LogP contribution in [0.15, 0.2) is 12.1 Å². The first-order valence-electron chi connectivity index (χ1n) is 4.87. The van der Waals surface area contributed by atoms with Gasteiger partial charge in [-0.15, -0.1) is 0 Å². The summed E-state index contributed by atoms with van der Waals surface area (Å²) >= 11 is 0. The average molecular weight is 239 g/mol. The molecule has 0 aliphatic carbocycles. The van der Waals surface area contributed by atoms with Crippen molar-refractivity contribution in [1.82, 2.24) is 0 Å². The van der Waals surface area contributed by atoms with E-state index in [-0.39, 0.29) is 18.6 Å². The van der Waals surface area contributed by atoms with E-state index >= 15 is 0 Å². The Balaban J connectivity index is 2.09. The Morgan fingerprint density at radius 1 is 1.50 bits per heavy atom. The van der Waals surface area contributed by atoms with Crippen molar-refractivity contribution in [2.75, 3.05) is 18.5 Å². The maximum Gasteiger partial charge on any atom is 0.262 e. The van der Waals surface area contributed by atoms with E-state index in [0.29, 0.717) is 23.8 Å². The molecule has 5 nitrogen and oxygen atoms in total. The van der Waals surface area contributed by atoms with Crippen LogP contribution in [0.5, 0.6) is 11.5 Å². The Hall–Kier alpha value is -1.32. The first kappa shape index (κ1) is 9.87. The van der Waals surface area contributed by atoms with E-state index in [0.717, 1.165) is 5.56 Å². The van der Waals surface area contributed by atoms with Crippen LogP contribution in [0.3, 0.4) is 0 Å². The summed E-state index contributed by atoms with van der Waals surface area (Å²) < 4.78 is 15.7. The number of carbonyl (C=O) groups excluding carboxylic acids is 1. The Kier molecular flexibility index (Phi) is 2.23. The van der Waals surface area contributed by atoms with Gasteiger partial charge in [-0.25, -0.2) is 0 Å². The molecule has 0 saturated carbocycles. The lowest BCUT2D eigenvalue weighted by Crippen LogP contribution is -2.26. The van der Waals surface area contributed by atoms with Crippen LogP contribution in [0.4, 0.5) is 5.69 Å². The number of nitrogens with one attached hydrogen (secondary N) is 1. The van der Waals surface area contributed by atoms with Crippen LogP contribution in [0.1, 0.15) is 11.7 Å². The second-order valence-corrected chi connectivity index (χ2v) is 3.90. The summed E-state index contributed by atoms with van der Waals surface area (Å²) in [5, 5.41) is 2.75. The SMILES string of the molecule is O=C1COc2c(cc(OP)cc2[C@@H]2CO2)N1. The molecule has 84 valence electrons. The predicted molar refractivity (Wildman–Crippen MR) is 59.6 cm³/mol. The maximum absolute atomic E-state index is 11.2. The number of carbonyl (C=O) groups is 1. The van der Waals surface area contributed by atoms with Gasteiger partial charge in [0.25, 0.3) is 5.91 Å². The molecule has 1 unspecified atom stereocenters. The zero-order valence-electron chi connectivity index (χ0n) is 8.36. The number of epoxide rings is 1. The van der Waals surface area contributed by atoms with Crippen molar-refractivity contribution in [1.29, 1.82) is 0 Å². The van der Waals surface area contributed by atoms with Gasteiger partial charge in [0.15, 0.2) is 6.61 Å². The molecule has 0 bridgehead atoms. The van der Waals surface area contributed by atoms with E-state index in [1.54, 1.807) is 6.07 Å². The van der Waals surface area contributed by atoms with Crippen LogP contribution in [-0.4, -0.2) is 19.1 Å². The smallest absolute Gasteiger partial charge is 0.262 e. The Labute approximate surface area is 94.3 Å². The molecule has 6 heteroatoms. The number of ether oxygens (including phenoxy) is 2. The average Bonchev–Trinajstić information content (AvgIpc) is 3.10. The lowest BCUT2D eigenvalue weighted by molar-refractivity contribution is -0.118. The molecular weight excluding hydrogens is 229 g/mol. The van der Waals surface area contributed by atoms with E-state index in [2.05, 4.69) is 14.8 Å². The largest absolute Gasteiger partial charge is 0.481 e. The quantitative estimate of drug-likeness (QED) is 0.623. The number of amides is 1. The monoisotopic (exact) mass is 239 g/mol. The zero-order chi connectivity index (χ0) is 11.1. The van der Waals surface area contributed by atoms with E-state index in [1.807, 2.05) is 6.07 Å². The molecule has 2 aliphatic rings. The first-order valence-corrected chi connectivity index (χ1v) is 5.34. The van der Waals surface area contributed by atoms with Crippen molar-refractivity contribution in [3.05, 3.63) is 17.7 Å². The second kappa shape index (κ2) is 3.61. The summed E-state index contributed by atoms with van der Waals surface area (Å²) in [5.41, 5.74) is 1.57. The van der Waals surface area contributed by atoms with Gasteiger partial charge in [-0.2, -0.15) is 0 Å². The third-order valence-corrected chi connectivity index (χ3v) is 2.80. The minimum atomic E-state index is -0.156. The highest BCUT2D eigenvalue weighted by molar-refractivity contribution is 7.10. The van der Waals surface area contributed by atoms with E-state index in [9.17, 15) is 4.79 Å². The van der Waals surface area contributed by atoms with Gasteiger partial charge < -0.3 is 19.3 Å². The highest BCUT2D eigenvalue weighted by atomic mass is 31.0. The number of anilines is 1. The lowest BCUT2D eigenvalue weighted by atomic mass is 10.1. The molecule has 2 atom stereocenters. The summed E-state index contributed by atoms with van der Waals surface area (Å²) in [6, 6.07) is 3.59. The van der Waals surface area contributed by atoms with Crippen molar-refractivity contribution in [3.8, 4) is 11.5 Å². The van der Waals surface area contributed by atoms with Gasteiger partial charge in [0, 0.05) is 11.6 Å². The van der Waals surface area contributed by atoms with E-state index in [4.69, 9.17) is 14.0 Å². The lowest BCUT2D eigenvalue weighted by Gasteiger charge is -2.21. The highest BCUT2D eigenvalue weighted by Gasteiger charge is 2.32. The topological polar surface area (TPSA) is 60.1 Å². The van der Waals surface area contributed by atoms with Gasteiger partial charge in [0.2, 0.25) is 0 Å².